The van der Waals surface area contributed by atoms with E-state index in [1.165, 1.54) is 25.3 Å². The molecule has 39 heavy (non-hydrogen) atoms. The molecule has 7 N–H and O–H groups in total. The average molecular weight is 546 g/mol. The van der Waals surface area contributed by atoms with E-state index in [4.69, 9.17) is 19.9 Å². The van der Waals surface area contributed by atoms with E-state index in [1.807, 2.05) is 0 Å². The lowest BCUT2D eigenvalue weighted by atomic mass is 9.71. The summed E-state index contributed by atoms with van der Waals surface area (Å²) in [5, 5.41) is 81.1. The smallest absolute Gasteiger partial charge is 0.190 e. The number of hydrogen-bond donors (Lipinski definition) is 6. The number of rotatable bonds is 5. The lowest BCUT2D eigenvalue weighted by Crippen LogP contribution is -2.53. The number of carbonyl (C=O) groups is 1. The Labute approximate surface area is 223 Å². The number of aromatic hydroxyl groups is 2. The topological polar surface area (TPSA) is 218 Å². The van der Waals surface area contributed by atoms with Gasteiger partial charge in [-0.1, -0.05) is 29.9 Å². The van der Waals surface area contributed by atoms with Crippen LogP contribution in [0.5, 0.6) is 17.2 Å². The van der Waals surface area contributed by atoms with E-state index < -0.39 is 85.2 Å². The number of phenols is 2. The fraction of sp³-hybridized carbons (Fsp3) is 0.519. The lowest BCUT2D eigenvalue weighted by molar-refractivity contribution is -0.430. The summed E-state index contributed by atoms with van der Waals surface area (Å²) < 4.78 is 17.1. The first-order chi connectivity index (χ1) is 18.4. The predicted molar refractivity (Wildman–Crippen MR) is 129 cm³/mol. The van der Waals surface area contributed by atoms with Crippen molar-refractivity contribution in [2.75, 3.05) is 13.7 Å². The Balaban J connectivity index is 1.67. The molecule has 212 valence electrons. The highest BCUT2D eigenvalue weighted by Gasteiger charge is 2.48. The van der Waals surface area contributed by atoms with Crippen LogP contribution in [0.4, 0.5) is 0 Å². The average Bonchev–Trinajstić information content (AvgIpc) is 2.90. The molecule has 0 aromatic heterocycles. The van der Waals surface area contributed by atoms with Crippen LogP contribution in [0.15, 0.2) is 18.2 Å². The third-order valence-corrected chi connectivity index (χ3v) is 8.10. The van der Waals surface area contributed by atoms with Gasteiger partial charge in [-0.25, -0.2) is 0 Å². The third-order valence-electron chi connectivity index (χ3n) is 8.10. The van der Waals surface area contributed by atoms with Crippen LogP contribution in [-0.2, 0) is 20.7 Å². The van der Waals surface area contributed by atoms with Crippen LogP contribution in [0.3, 0.4) is 0 Å². The number of aliphatic hydroxyl groups is 3. The minimum Gasteiger partial charge on any atom is -0.845 e. The molecule has 0 saturated carbocycles. The van der Waals surface area contributed by atoms with Gasteiger partial charge in [0.25, 0.3) is 0 Å². The first kappa shape index (κ1) is 27.7. The minimum atomic E-state index is -2.22. The van der Waals surface area contributed by atoms with Gasteiger partial charge in [0.15, 0.2) is 12.1 Å². The van der Waals surface area contributed by atoms with Crippen LogP contribution in [-0.4, -0.2) is 75.2 Å². The molecule has 12 nitrogen and oxygen atoms in total. The highest BCUT2D eigenvalue weighted by molar-refractivity contribution is 5.89. The molecule has 1 fully saturated rings. The largest absolute Gasteiger partial charge is 0.845 e. The van der Waals surface area contributed by atoms with Gasteiger partial charge >= 0.3 is 0 Å². The molecule has 2 aliphatic carbocycles. The molecule has 0 radical (unpaired) electrons. The summed E-state index contributed by atoms with van der Waals surface area (Å²) in [4.78, 5) is 12.6. The molecule has 2 aromatic carbocycles. The summed E-state index contributed by atoms with van der Waals surface area (Å²) in [6.07, 6.45) is -8.61. The van der Waals surface area contributed by atoms with E-state index in [1.54, 1.807) is 6.92 Å². The van der Waals surface area contributed by atoms with Gasteiger partial charge in [0.2, 0.25) is 0 Å². The second-order valence-corrected chi connectivity index (χ2v) is 10.4. The van der Waals surface area contributed by atoms with Crippen molar-refractivity contribution in [3.63, 3.8) is 0 Å². The SMILES string of the molecule is COc1cccc2c1C([O-])c1c(O)c3c(c(O)c1C2[O-])CC(O)(C(=O)CO)CC3OC1CC(N)C(O)C(C)O1. The first-order valence-corrected chi connectivity index (χ1v) is 12.6. The number of ketones is 1. The van der Waals surface area contributed by atoms with Crippen molar-refractivity contribution in [3.05, 3.63) is 51.6 Å². The van der Waals surface area contributed by atoms with Crippen LogP contribution in [0, 0.1) is 0 Å². The van der Waals surface area contributed by atoms with Crippen molar-refractivity contribution >= 4 is 5.78 Å². The van der Waals surface area contributed by atoms with Crippen molar-refractivity contribution in [3.8, 4) is 17.2 Å². The zero-order valence-corrected chi connectivity index (χ0v) is 21.4. The summed E-state index contributed by atoms with van der Waals surface area (Å²) >= 11 is 0. The highest BCUT2D eigenvalue weighted by atomic mass is 16.7. The van der Waals surface area contributed by atoms with Crippen molar-refractivity contribution in [2.24, 2.45) is 5.73 Å². The fourth-order valence-electron chi connectivity index (χ4n) is 6.04. The summed E-state index contributed by atoms with van der Waals surface area (Å²) in [5.74, 6) is -2.05. The van der Waals surface area contributed by atoms with E-state index in [2.05, 4.69) is 0 Å². The molecule has 1 aliphatic heterocycles. The summed E-state index contributed by atoms with van der Waals surface area (Å²) in [5.41, 5.74) is 2.95. The number of aliphatic hydroxyl groups excluding tert-OH is 2. The molecule has 8 atom stereocenters. The lowest BCUT2D eigenvalue weighted by Gasteiger charge is -2.46. The number of benzene rings is 2. The van der Waals surface area contributed by atoms with Crippen molar-refractivity contribution < 1.29 is 54.8 Å². The van der Waals surface area contributed by atoms with Crippen molar-refractivity contribution in [2.45, 2.75) is 74.6 Å². The monoisotopic (exact) mass is 545 g/mol. The Morgan fingerprint density at radius 3 is 2.49 bits per heavy atom. The number of methoxy groups -OCH3 is 1. The molecule has 2 aromatic rings. The van der Waals surface area contributed by atoms with Crippen LogP contribution >= 0.6 is 0 Å². The van der Waals surface area contributed by atoms with E-state index in [9.17, 15) is 40.5 Å². The van der Waals surface area contributed by atoms with Crippen LogP contribution in [0.25, 0.3) is 0 Å². The molecule has 12 heteroatoms. The maximum absolute atomic E-state index is 13.7. The molecule has 0 amide bonds. The Morgan fingerprint density at radius 1 is 1.15 bits per heavy atom. The number of fused-ring (bicyclic) bond motifs is 3. The van der Waals surface area contributed by atoms with E-state index in [0.717, 1.165) is 0 Å². The van der Waals surface area contributed by atoms with Crippen molar-refractivity contribution in [1.82, 2.24) is 0 Å². The second kappa shape index (κ2) is 9.98. The summed E-state index contributed by atoms with van der Waals surface area (Å²) in [7, 11) is 1.34. The number of nitrogens with two attached hydrogens (primary N) is 1. The standard InChI is InChI=1S/C27H31NO11/c1-10-22(31)13(28)6-17(38-10)39-15-8-27(36,16(30)9-29)7-12-19(15)26(35)21-20(24(12)33)23(32)11-4-3-5-14(37-2)18(11)25(21)34/h3-5,10,13,15,17,22-23,25,29,31,33,35-36H,6-9,28H2,1-2H3/q-2. The van der Waals surface area contributed by atoms with Gasteiger partial charge in [0, 0.05) is 36.4 Å². The number of ether oxygens (including phenoxy) is 3. The molecule has 1 saturated heterocycles. The van der Waals surface area contributed by atoms with Gasteiger partial charge in [-0.3, -0.25) is 4.79 Å². The zero-order valence-electron chi connectivity index (χ0n) is 21.4. The van der Waals surface area contributed by atoms with Gasteiger partial charge in [0.05, 0.1) is 25.4 Å². The summed E-state index contributed by atoms with van der Waals surface area (Å²) in [6.45, 7) is 0.575. The number of phenolic OH excluding ortho intramolecular Hbond substituents is 2. The molecule has 3 aliphatic rings. The Kier molecular flexibility index (Phi) is 7.10. The second-order valence-electron chi connectivity index (χ2n) is 10.4. The van der Waals surface area contributed by atoms with Crippen LogP contribution in [0.2, 0.25) is 0 Å². The van der Waals surface area contributed by atoms with E-state index in [-0.39, 0.29) is 45.6 Å². The summed E-state index contributed by atoms with van der Waals surface area (Å²) in [6, 6.07) is 3.77. The number of Topliss-reactive ketones (excluding diaryl/α,β-unsaturated/α-hetero) is 1. The normalized spacial score (nSPS) is 33.6. The minimum absolute atomic E-state index is 0.0266. The first-order valence-electron chi connectivity index (χ1n) is 12.6. The molecular formula is C27H31NO11-2. The molecule has 0 spiro atoms. The van der Waals surface area contributed by atoms with Gasteiger partial charge in [0.1, 0.15) is 29.5 Å². The maximum atomic E-state index is 13.7. The number of hydrogen-bond acceptors (Lipinski definition) is 12. The molecule has 0 bridgehead atoms. The predicted octanol–water partition coefficient (Wildman–Crippen LogP) is -1.56. The highest BCUT2D eigenvalue weighted by Crippen LogP contribution is 2.56. The Bertz CT molecular complexity index is 1290. The van der Waals surface area contributed by atoms with Crippen LogP contribution in [0.1, 0.15) is 71.5 Å². The molecular weight excluding hydrogens is 514 g/mol. The van der Waals surface area contributed by atoms with Gasteiger partial charge in [-0.2, -0.15) is 0 Å². The van der Waals surface area contributed by atoms with E-state index in [0.29, 0.717) is 0 Å². The van der Waals surface area contributed by atoms with Gasteiger partial charge in [-0.05, 0) is 29.7 Å². The maximum Gasteiger partial charge on any atom is 0.190 e. The number of carbonyl (C=O) groups excluding carboxylic acids is 1. The van der Waals surface area contributed by atoms with Crippen molar-refractivity contribution in [1.29, 1.82) is 0 Å². The quantitative estimate of drug-likeness (QED) is 0.235. The Morgan fingerprint density at radius 2 is 1.85 bits per heavy atom. The molecule has 1 heterocycles. The molecule has 8 unspecified atom stereocenters. The zero-order chi connectivity index (χ0) is 28.4. The van der Waals surface area contributed by atoms with Gasteiger partial charge in [-0.15, -0.1) is 0 Å². The van der Waals surface area contributed by atoms with E-state index >= 15 is 0 Å². The third kappa shape index (κ3) is 4.28. The fourth-order valence-corrected chi connectivity index (χ4v) is 6.04. The Hall–Kier alpha value is -2.81. The molecule has 5 rings (SSSR count). The van der Waals surface area contributed by atoms with Crippen LogP contribution < -0.4 is 20.7 Å². The van der Waals surface area contributed by atoms with Gasteiger partial charge < -0.3 is 55.7 Å².